The second-order valence-corrected chi connectivity index (χ2v) is 7.07. The monoisotopic (exact) mass is 381 g/mol. The Labute approximate surface area is 163 Å². The Morgan fingerprint density at radius 1 is 0.857 bits per heavy atom. The Balaban J connectivity index is 1.85. The fraction of sp³-hybridized carbons (Fsp3) is 0.292. The third-order valence-electron chi connectivity index (χ3n) is 5.05. The van der Waals surface area contributed by atoms with E-state index < -0.39 is 17.2 Å². The molecule has 0 bridgehead atoms. The van der Waals surface area contributed by atoms with Crippen LogP contribution in [-0.2, 0) is 6.42 Å². The molecule has 3 aromatic rings. The maximum Gasteiger partial charge on any atom is 0.151 e. The lowest BCUT2D eigenvalue weighted by Gasteiger charge is -2.09. The van der Waals surface area contributed by atoms with E-state index in [-0.39, 0.29) is 11.2 Å². The lowest BCUT2D eigenvalue weighted by atomic mass is 9.97. The molecule has 0 saturated carbocycles. The predicted octanol–water partition coefficient (Wildman–Crippen LogP) is 7.31. The second kappa shape index (κ2) is 8.93. The average molecular weight is 381 g/mol. The van der Waals surface area contributed by atoms with Gasteiger partial charge >= 0.3 is 0 Å². The van der Waals surface area contributed by atoms with Gasteiger partial charge in [-0.05, 0) is 47.6 Å². The minimum Gasteiger partial charge on any atom is -0.206 e. The summed E-state index contributed by atoms with van der Waals surface area (Å²) in [6.45, 7) is 2.17. The van der Waals surface area contributed by atoms with E-state index in [9.17, 15) is 13.2 Å². The van der Waals surface area contributed by atoms with Gasteiger partial charge in [-0.1, -0.05) is 56.9 Å². The largest absolute Gasteiger partial charge is 0.206 e. The normalized spacial score (nSPS) is 11.0. The molecule has 0 N–H and O–H groups in total. The summed E-state index contributed by atoms with van der Waals surface area (Å²) in [6.07, 6.45) is 6.64. The summed E-state index contributed by atoms with van der Waals surface area (Å²) in [4.78, 5) is 0. The molecular formula is C24H22F3N. The van der Waals surface area contributed by atoms with Gasteiger partial charge in [-0.15, -0.1) is 0 Å². The molecule has 1 nitrogen and oxygen atoms in total. The minimum atomic E-state index is -0.913. The summed E-state index contributed by atoms with van der Waals surface area (Å²) in [5, 5.41) is 9.32. The molecule has 0 heterocycles. The first-order valence-electron chi connectivity index (χ1n) is 9.65. The van der Waals surface area contributed by atoms with E-state index in [1.165, 1.54) is 31.4 Å². The van der Waals surface area contributed by atoms with Crippen molar-refractivity contribution in [2.75, 3.05) is 0 Å². The smallest absolute Gasteiger partial charge is 0.151 e. The molecular weight excluding hydrogens is 359 g/mol. The molecule has 28 heavy (non-hydrogen) atoms. The molecule has 0 aliphatic carbocycles. The van der Waals surface area contributed by atoms with Crippen LogP contribution >= 0.6 is 0 Å². The quantitative estimate of drug-likeness (QED) is 0.394. The van der Waals surface area contributed by atoms with E-state index in [0.717, 1.165) is 30.9 Å². The molecule has 0 unspecified atom stereocenters. The average Bonchev–Trinajstić information content (AvgIpc) is 2.68. The van der Waals surface area contributed by atoms with Gasteiger partial charge in [0, 0.05) is 10.9 Å². The maximum absolute atomic E-state index is 14.7. The molecule has 0 aliphatic heterocycles. The fourth-order valence-electron chi connectivity index (χ4n) is 3.48. The summed E-state index contributed by atoms with van der Waals surface area (Å²) < 4.78 is 42.8. The number of hydrogen-bond donors (Lipinski definition) is 0. The molecule has 3 rings (SSSR count). The number of nitriles is 1. The Hall–Kier alpha value is -2.80. The molecule has 0 spiro atoms. The molecule has 144 valence electrons. The molecule has 0 aromatic heterocycles. The Kier molecular flexibility index (Phi) is 6.36. The summed E-state index contributed by atoms with van der Waals surface area (Å²) in [5.74, 6) is -2.15. The third kappa shape index (κ3) is 4.20. The lowest BCUT2D eigenvalue weighted by Crippen LogP contribution is -1.94. The van der Waals surface area contributed by atoms with Crippen LogP contribution in [0.3, 0.4) is 0 Å². The molecule has 0 atom stereocenters. The molecule has 0 amide bonds. The van der Waals surface area contributed by atoms with E-state index in [1.807, 2.05) is 6.07 Å². The van der Waals surface area contributed by atoms with Crippen LogP contribution in [-0.4, -0.2) is 0 Å². The van der Waals surface area contributed by atoms with Gasteiger partial charge in [0.05, 0.1) is 0 Å². The minimum absolute atomic E-state index is 0.144. The molecule has 0 radical (unpaired) electrons. The topological polar surface area (TPSA) is 23.8 Å². The predicted molar refractivity (Wildman–Crippen MR) is 106 cm³/mol. The number of unbranched alkanes of at least 4 members (excludes halogenated alkanes) is 4. The third-order valence-corrected chi connectivity index (χ3v) is 5.05. The Morgan fingerprint density at radius 2 is 1.64 bits per heavy atom. The highest BCUT2D eigenvalue weighted by Gasteiger charge is 2.15. The van der Waals surface area contributed by atoms with Crippen LogP contribution in [0, 0.1) is 28.8 Å². The second-order valence-electron chi connectivity index (χ2n) is 7.07. The summed E-state index contributed by atoms with van der Waals surface area (Å²) in [5.41, 5.74) is 1.29. The zero-order chi connectivity index (χ0) is 20.1. The highest BCUT2D eigenvalue weighted by molar-refractivity contribution is 5.89. The van der Waals surface area contributed by atoms with Crippen molar-refractivity contribution in [2.24, 2.45) is 0 Å². The fourth-order valence-corrected chi connectivity index (χ4v) is 3.48. The van der Waals surface area contributed by atoms with Crippen molar-refractivity contribution < 1.29 is 13.2 Å². The highest BCUT2D eigenvalue weighted by atomic mass is 19.1. The van der Waals surface area contributed by atoms with Crippen molar-refractivity contribution >= 4 is 10.8 Å². The first kappa shape index (κ1) is 19.9. The molecule has 3 aromatic carbocycles. The van der Waals surface area contributed by atoms with Crippen LogP contribution < -0.4 is 0 Å². The van der Waals surface area contributed by atoms with E-state index >= 15 is 0 Å². The van der Waals surface area contributed by atoms with E-state index in [0.29, 0.717) is 16.5 Å². The number of benzene rings is 3. The summed E-state index contributed by atoms with van der Waals surface area (Å²) >= 11 is 0. The van der Waals surface area contributed by atoms with Gasteiger partial charge in [0.25, 0.3) is 0 Å². The van der Waals surface area contributed by atoms with Gasteiger partial charge in [-0.2, -0.15) is 5.26 Å². The van der Waals surface area contributed by atoms with Crippen molar-refractivity contribution in [1.82, 2.24) is 0 Å². The van der Waals surface area contributed by atoms with E-state index in [4.69, 9.17) is 5.26 Å². The van der Waals surface area contributed by atoms with Crippen molar-refractivity contribution in [3.05, 3.63) is 71.0 Å². The van der Waals surface area contributed by atoms with Gasteiger partial charge in [0.1, 0.15) is 23.3 Å². The summed E-state index contributed by atoms with van der Waals surface area (Å²) in [6, 6.07) is 12.4. The van der Waals surface area contributed by atoms with Gasteiger partial charge in [-0.25, -0.2) is 13.2 Å². The van der Waals surface area contributed by atoms with Crippen LogP contribution in [0.1, 0.15) is 50.2 Å². The van der Waals surface area contributed by atoms with Crippen LogP contribution in [0.15, 0.2) is 42.5 Å². The Bertz CT molecular complexity index is 1030. The Morgan fingerprint density at radius 3 is 2.36 bits per heavy atom. The number of aryl methyl sites for hydroxylation is 1. The number of rotatable bonds is 7. The molecule has 0 aliphatic rings. The van der Waals surface area contributed by atoms with Crippen LogP contribution in [0.5, 0.6) is 0 Å². The number of hydrogen-bond acceptors (Lipinski definition) is 1. The highest BCUT2D eigenvalue weighted by Crippen LogP contribution is 2.30. The molecule has 0 saturated heterocycles. The molecule has 0 fully saturated rings. The SMILES string of the molecule is CCCCCCCc1ccc(-c2ccc3c(F)c(C#N)c(F)cc3c2)c(F)c1. The first-order chi connectivity index (χ1) is 13.5. The number of nitrogens with zero attached hydrogens (tertiary/aromatic N) is 1. The van der Waals surface area contributed by atoms with Crippen molar-refractivity contribution in [3.8, 4) is 17.2 Å². The summed E-state index contributed by atoms with van der Waals surface area (Å²) in [7, 11) is 0. The zero-order valence-electron chi connectivity index (χ0n) is 15.9. The van der Waals surface area contributed by atoms with Gasteiger partial charge in [0.15, 0.2) is 5.82 Å². The van der Waals surface area contributed by atoms with Crippen molar-refractivity contribution in [1.29, 1.82) is 5.26 Å². The van der Waals surface area contributed by atoms with Crippen LogP contribution in [0.25, 0.3) is 21.9 Å². The number of halogens is 3. The molecule has 4 heteroatoms. The first-order valence-corrected chi connectivity index (χ1v) is 9.65. The van der Waals surface area contributed by atoms with Crippen molar-refractivity contribution in [3.63, 3.8) is 0 Å². The van der Waals surface area contributed by atoms with Gasteiger partial charge < -0.3 is 0 Å². The lowest BCUT2D eigenvalue weighted by molar-refractivity contribution is 0.585. The van der Waals surface area contributed by atoms with Crippen molar-refractivity contribution in [2.45, 2.75) is 45.4 Å². The van der Waals surface area contributed by atoms with Crippen LogP contribution in [0.2, 0.25) is 0 Å². The van der Waals surface area contributed by atoms with Crippen LogP contribution in [0.4, 0.5) is 13.2 Å². The zero-order valence-corrected chi connectivity index (χ0v) is 15.9. The maximum atomic E-state index is 14.7. The van der Waals surface area contributed by atoms with E-state index in [2.05, 4.69) is 6.92 Å². The number of fused-ring (bicyclic) bond motifs is 1. The van der Waals surface area contributed by atoms with Gasteiger partial charge in [0.2, 0.25) is 0 Å². The van der Waals surface area contributed by atoms with Gasteiger partial charge in [-0.3, -0.25) is 0 Å². The standard InChI is InChI=1S/C24H22F3N/c1-2-3-4-5-6-7-16-8-10-19(22(25)12-16)17-9-11-20-18(13-17)14-23(26)21(15-28)24(20)27/h8-14H,2-7H2,1H3. The van der Waals surface area contributed by atoms with E-state index in [1.54, 1.807) is 24.3 Å².